The lowest BCUT2D eigenvalue weighted by molar-refractivity contribution is 0.122. The highest BCUT2D eigenvalue weighted by Gasteiger charge is 2.28. The molecule has 0 aromatic carbocycles. The highest BCUT2D eigenvalue weighted by atomic mass is 15.1. The van der Waals surface area contributed by atoms with Gasteiger partial charge in [-0.3, -0.25) is 9.88 Å². The Balaban J connectivity index is 1.91. The maximum atomic E-state index is 4.50. The fourth-order valence-corrected chi connectivity index (χ4v) is 3.09. The van der Waals surface area contributed by atoms with Crippen molar-refractivity contribution in [2.45, 2.75) is 59.0 Å². The van der Waals surface area contributed by atoms with Gasteiger partial charge in [-0.2, -0.15) is 0 Å². The summed E-state index contributed by atoms with van der Waals surface area (Å²) < 4.78 is 0. The molecule has 0 saturated heterocycles. The van der Waals surface area contributed by atoms with E-state index in [9.17, 15) is 0 Å². The van der Waals surface area contributed by atoms with Crippen molar-refractivity contribution in [3.05, 3.63) is 24.0 Å². The molecule has 1 N–H and O–H groups in total. The van der Waals surface area contributed by atoms with Gasteiger partial charge >= 0.3 is 0 Å². The van der Waals surface area contributed by atoms with Crippen LogP contribution >= 0.6 is 0 Å². The molecule has 2 rings (SSSR count). The zero-order chi connectivity index (χ0) is 14.6. The number of nitrogens with one attached hydrogen (secondary N) is 1. The first-order valence-corrected chi connectivity index (χ1v) is 7.89. The quantitative estimate of drug-likeness (QED) is 0.883. The highest BCUT2D eigenvalue weighted by molar-refractivity contribution is 5.42. The van der Waals surface area contributed by atoms with Crippen LogP contribution in [0.25, 0.3) is 0 Å². The van der Waals surface area contributed by atoms with Crippen LogP contribution in [-0.2, 0) is 6.54 Å². The minimum absolute atomic E-state index is 0.542. The number of anilines is 1. The Kier molecular flexibility index (Phi) is 5.03. The molecule has 1 fully saturated rings. The van der Waals surface area contributed by atoms with Crippen LogP contribution in [0.15, 0.2) is 18.3 Å². The molecule has 1 heterocycles. The van der Waals surface area contributed by atoms with Gasteiger partial charge in [-0.25, -0.2) is 0 Å². The monoisotopic (exact) mass is 275 g/mol. The van der Waals surface area contributed by atoms with Crippen LogP contribution in [0.3, 0.4) is 0 Å². The standard InChI is InChI=1S/C17H29N3/c1-5-18-14-8-11-19-15(12-14)13-20(4)16-6-9-17(2,3)10-7-16/h8,11-12,16H,5-7,9-10,13H2,1-4H3,(H,18,19). The Hall–Kier alpha value is -1.09. The maximum Gasteiger partial charge on any atom is 0.0564 e. The van der Waals surface area contributed by atoms with E-state index in [-0.39, 0.29) is 0 Å². The molecule has 0 aliphatic heterocycles. The molecule has 1 aliphatic rings. The normalized spacial score (nSPS) is 19.2. The lowest BCUT2D eigenvalue weighted by atomic mass is 9.75. The molecule has 112 valence electrons. The second-order valence-corrected chi connectivity index (χ2v) is 6.88. The zero-order valence-corrected chi connectivity index (χ0v) is 13.4. The van der Waals surface area contributed by atoms with Crippen LogP contribution in [0.1, 0.15) is 52.1 Å². The Morgan fingerprint density at radius 2 is 2.05 bits per heavy atom. The van der Waals surface area contributed by atoms with Crippen LogP contribution in [-0.4, -0.2) is 29.5 Å². The lowest BCUT2D eigenvalue weighted by Gasteiger charge is -2.38. The third kappa shape index (κ3) is 4.20. The first-order chi connectivity index (χ1) is 9.50. The molecular formula is C17H29N3. The number of aromatic nitrogens is 1. The van der Waals surface area contributed by atoms with E-state index in [1.165, 1.54) is 31.4 Å². The Morgan fingerprint density at radius 3 is 2.70 bits per heavy atom. The Labute approximate surface area is 123 Å². The predicted octanol–water partition coefficient (Wildman–Crippen LogP) is 3.91. The highest BCUT2D eigenvalue weighted by Crippen LogP contribution is 2.36. The van der Waals surface area contributed by atoms with Gasteiger partial charge in [0.1, 0.15) is 0 Å². The average molecular weight is 275 g/mol. The summed E-state index contributed by atoms with van der Waals surface area (Å²) in [5.41, 5.74) is 2.88. The van der Waals surface area contributed by atoms with Gasteiger partial charge in [0.25, 0.3) is 0 Å². The second-order valence-electron chi connectivity index (χ2n) is 6.88. The summed E-state index contributed by atoms with van der Waals surface area (Å²) in [5, 5.41) is 3.35. The van der Waals surface area contributed by atoms with Gasteiger partial charge in [0.2, 0.25) is 0 Å². The molecular weight excluding hydrogens is 246 g/mol. The molecule has 0 spiro atoms. The van der Waals surface area contributed by atoms with Gasteiger partial charge in [0.15, 0.2) is 0 Å². The van der Waals surface area contributed by atoms with Gasteiger partial charge in [-0.1, -0.05) is 13.8 Å². The molecule has 1 aliphatic carbocycles. The molecule has 3 nitrogen and oxygen atoms in total. The van der Waals surface area contributed by atoms with Crippen molar-refractivity contribution in [3.8, 4) is 0 Å². The van der Waals surface area contributed by atoms with Crippen molar-refractivity contribution < 1.29 is 0 Å². The van der Waals surface area contributed by atoms with Gasteiger partial charge < -0.3 is 5.32 Å². The minimum atomic E-state index is 0.542. The van der Waals surface area contributed by atoms with Gasteiger partial charge in [-0.05, 0) is 57.2 Å². The van der Waals surface area contributed by atoms with Crippen LogP contribution in [0, 0.1) is 5.41 Å². The molecule has 0 unspecified atom stereocenters. The Bertz CT molecular complexity index is 418. The van der Waals surface area contributed by atoms with E-state index in [1.54, 1.807) is 0 Å². The molecule has 0 radical (unpaired) electrons. The molecule has 20 heavy (non-hydrogen) atoms. The average Bonchev–Trinajstić information content (AvgIpc) is 2.39. The summed E-state index contributed by atoms with van der Waals surface area (Å²) in [4.78, 5) is 6.98. The van der Waals surface area contributed by atoms with Gasteiger partial charge in [-0.15, -0.1) is 0 Å². The summed E-state index contributed by atoms with van der Waals surface area (Å²) in [5.74, 6) is 0. The summed E-state index contributed by atoms with van der Waals surface area (Å²) in [6, 6.07) is 4.93. The van der Waals surface area contributed by atoms with Crippen LogP contribution < -0.4 is 5.32 Å². The molecule has 3 heteroatoms. The van der Waals surface area contributed by atoms with E-state index in [0.717, 1.165) is 18.8 Å². The third-order valence-electron chi connectivity index (χ3n) is 4.54. The number of nitrogens with zero attached hydrogens (tertiary/aromatic N) is 2. The molecule has 1 aromatic heterocycles. The number of rotatable bonds is 5. The van der Waals surface area contributed by atoms with Crippen molar-refractivity contribution in [2.24, 2.45) is 5.41 Å². The first kappa shape index (κ1) is 15.3. The minimum Gasteiger partial charge on any atom is -0.385 e. The smallest absolute Gasteiger partial charge is 0.0564 e. The summed E-state index contributed by atoms with van der Waals surface area (Å²) >= 11 is 0. The van der Waals surface area contributed by atoms with Crippen molar-refractivity contribution in [1.29, 1.82) is 0 Å². The van der Waals surface area contributed by atoms with E-state index < -0.39 is 0 Å². The molecule has 1 aromatic rings. The van der Waals surface area contributed by atoms with E-state index in [0.29, 0.717) is 11.5 Å². The molecule has 0 bridgehead atoms. The number of hydrogen-bond donors (Lipinski definition) is 1. The van der Waals surface area contributed by atoms with E-state index in [1.807, 2.05) is 12.3 Å². The van der Waals surface area contributed by atoms with Crippen molar-refractivity contribution in [3.63, 3.8) is 0 Å². The fourth-order valence-electron chi connectivity index (χ4n) is 3.09. The van der Waals surface area contributed by atoms with Gasteiger partial charge in [0, 0.05) is 31.0 Å². The predicted molar refractivity (Wildman–Crippen MR) is 85.9 cm³/mol. The molecule has 0 atom stereocenters. The Morgan fingerprint density at radius 1 is 1.35 bits per heavy atom. The maximum absolute atomic E-state index is 4.50. The SMILES string of the molecule is CCNc1ccnc(CN(C)C2CCC(C)(C)CC2)c1. The largest absolute Gasteiger partial charge is 0.385 e. The number of hydrogen-bond acceptors (Lipinski definition) is 3. The lowest BCUT2D eigenvalue weighted by Crippen LogP contribution is -2.36. The van der Waals surface area contributed by atoms with E-state index in [2.05, 4.69) is 49.1 Å². The molecule has 0 amide bonds. The topological polar surface area (TPSA) is 28.2 Å². The van der Waals surface area contributed by atoms with Crippen LogP contribution in [0.5, 0.6) is 0 Å². The summed E-state index contributed by atoms with van der Waals surface area (Å²) in [7, 11) is 2.24. The third-order valence-corrected chi connectivity index (χ3v) is 4.54. The van der Waals surface area contributed by atoms with Crippen LogP contribution in [0.4, 0.5) is 5.69 Å². The van der Waals surface area contributed by atoms with Crippen molar-refractivity contribution in [1.82, 2.24) is 9.88 Å². The summed E-state index contributed by atoms with van der Waals surface area (Å²) in [6.07, 6.45) is 7.22. The van der Waals surface area contributed by atoms with Crippen molar-refractivity contribution >= 4 is 5.69 Å². The van der Waals surface area contributed by atoms with E-state index in [4.69, 9.17) is 0 Å². The fraction of sp³-hybridized carbons (Fsp3) is 0.706. The van der Waals surface area contributed by atoms with Crippen molar-refractivity contribution in [2.75, 3.05) is 18.9 Å². The van der Waals surface area contributed by atoms with Gasteiger partial charge in [0.05, 0.1) is 5.69 Å². The first-order valence-electron chi connectivity index (χ1n) is 7.89. The second kappa shape index (κ2) is 6.57. The van der Waals surface area contributed by atoms with Crippen LogP contribution in [0.2, 0.25) is 0 Å². The zero-order valence-electron chi connectivity index (χ0n) is 13.4. The number of pyridine rings is 1. The summed E-state index contributed by atoms with van der Waals surface area (Å²) in [6.45, 7) is 8.81. The van der Waals surface area contributed by atoms with E-state index >= 15 is 0 Å². The molecule has 1 saturated carbocycles.